The fourth-order valence-corrected chi connectivity index (χ4v) is 2.20. The molecule has 2 aromatic heterocycles. The van der Waals surface area contributed by atoms with Crippen molar-refractivity contribution in [2.24, 2.45) is 0 Å². The van der Waals surface area contributed by atoms with Crippen molar-refractivity contribution in [3.63, 3.8) is 0 Å². The number of pyridine rings is 2. The number of anilines is 1. The van der Waals surface area contributed by atoms with Crippen molar-refractivity contribution < 1.29 is 0 Å². The number of hydrogen-bond acceptors (Lipinski definition) is 3. The van der Waals surface area contributed by atoms with Crippen molar-refractivity contribution in [2.75, 3.05) is 18.5 Å². The molecule has 0 spiro atoms. The van der Waals surface area contributed by atoms with Gasteiger partial charge in [0.1, 0.15) is 0 Å². The van der Waals surface area contributed by atoms with Gasteiger partial charge < -0.3 is 4.90 Å². The highest BCUT2D eigenvalue weighted by Gasteiger charge is 2.05. The van der Waals surface area contributed by atoms with E-state index in [0.717, 1.165) is 23.1 Å². The molecule has 88 valence electrons. The minimum absolute atomic E-state index is 0.965. The van der Waals surface area contributed by atoms with Gasteiger partial charge >= 0.3 is 0 Å². The Morgan fingerprint density at radius 2 is 1.82 bits per heavy atom. The second-order valence-corrected chi connectivity index (χ2v) is 4.71. The van der Waals surface area contributed by atoms with Crippen LogP contribution in [0, 0.1) is 0 Å². The first-order chi connectivity index (χ1) is 8.27. The first-order valence-corrected chi connectivity index (χ1v) is 6.26. The molecule has 0 aliphatic carbocycles. The van der Waals surface area contributed by atoms with Gasteiger partial charge in [-0.1, -0.05) is 0 Å². The van der Waals surface area contributed by atoms with Gasteiger partial charge in [-0.3, -0.25) is 9.97 Å². The summed E-state index contributed by atoms with van der Waals surface area (Å²) in [7, 11) is 2.08. The van der Waals surface area contributed by atoms with Crippen molar-refractivity contribution in [1.29, 1.82) is 0 Å². The number of hydrogen-bond donors (Lipinski definition) is 0. The fourth-order valence-electron chi connectivity index (χ4n) is 1.64. The van der Waals surface area contributed by atoms with Gasteiger partial charge in [-0.15, -0.1) is 0 Å². The van der Waals surface area contributed by atoms with Crippen LogP contribution in [0.2, 0.25) is 0 Å². The number of likely N-dealkylation sites (N-methyl/N-ethyl adjacent to an activating group) is 1. The highest BCUT2D eigenvalue weighted by molar-refractivity contribution is 9.10. The van der Waals surface area contributed by atoms with E-state index in [2.05, 4.69) is 50.0 Å². The second kappa shape index (κ2) is 5.77. The Kier molecular flexibility index (Phi) is 4.09. The van der Waals surface area contributed by atoms with Gasteiger partial charge in [0.15, 0.2) is 0 Å². The predicted octanol–water partition coefficient (Wildman–Crippen LogP) is 2.92. The second-order valence-electron chi connectivity index (χ2n) is 3.85. The quantitative estimate of drug-likeness (QED) is 0.867. The zero-order valence-electron chi connectivity index (χ0n) is 9.68. The van der Waals surface area contributed by atoms with E-state index in [1.165, 1.54) is 5.56 Å². The van der Waals surface area contributed by atoms with Crippen LogP contribution in [0.15, 0.2) is 47.5 Å². The lowest BCUT2D eigenvalue weighted by molar-refractivity contribution is 0.871. The highest BCUT2D eigenvalue weighted by Crippen LogP contribution is 2.23. The molecule has 0 saturated carbocycles. The van der Waals surface area contributed by atoms with E-state index in [1.54, 1.807) is 0 Å². The maximum absolute atomic E-state index is 4.06. The van der Waals surface area contributed by atoms with Gasteiger partial charge in [-0.2, -0.15) is 0 Å². The average Bonchev–Trinajstić information content (AvgIpc) is 2.38. The minimum atomic E-state index is 0.965. The molecule has 4 heteroatoms. The summed E-state index contributed by atoms with van der Waals surface area (Å²) in [5, 5.41) is 0. The summed E-state index contributed by atoms with van der Waals surface area (Å²) in [6.45, 7) is 0.965. The van der Waals surface area contributed by atoms with Crippen LogP contribution < -0.4 is 4.90 Å². The molecule has 0 aliphatic rings. The van der Waals surface area contributed by atoms with E-state index in [9.17, 15) is 0 Å². The topological polar surface area (TPSA) is 29.0 Å². The smallest absolute Gasteiger partial charge is 0.0592 e. The van der Waals surface area contributed by atoms with Crippen LogP contribution in [0.3, 0.4) is 0 Å². The Balaban J connectivity index is 1.99. The van der Waals surface area contributed by atoms with Gasteiger partial charge in [-0.25, -0.2) is 0 Å². The predicted molar refractivity (Wildman–Crippen MR) is 73.1 cm³/mol. The van der Waals surface area contributed by atoms with Crippen LogP contribution >= 0.6 is 15.9 Å². The van der Waals surface area contributed by atoms with E-state index in [0.29, 0.717) is 0 Å². The molecule has 0 N–H and O–H groups in total. The van der Waals surface area contributed by atoms with Gasteiger partial charge in [0.05, 0.1) is 10.2 Å². The number of nitrogens with zero attached hydrogens (tertiary/aromatic N) is 3. The molecule has 2 aromatic rings. The van der Waals surface area contributed by atoms with E-state index >= 15 is 0 Å². The molecular formula is C13H14BrN3. The average molecular weight is 292 g/mol. The van der Waals surface area contributed by atoms with Crippen LogP contribution in [0.1, 0.15) is 5.56 Å². The summed E-state index contributed by atoms with van der Waals surface area (Å²) in [6, 6.07) is 6.11. The lowest BCUT2D eigenvalue weighted by Gasteiger charge is -2.20. The van der Waals surface area contributed by atoms with Crippen molar-refractivity contribution in [3.8, 4) is 0 Å². The Bertz CT molecular complexity index is 473. The van der Waals surface area contributed by atoms with Crippen LogP contribution in [0.4, 0.5) is 5.69 Å². The molecule has 0 amide bonds. The van der Waals surface area contributed by atoms with E-state index in [-0.39, 0.29) is 0 Å². The van der Waals surface area contributed by atoms with E-state index in [1.807, 2.05) is 30.9 Å². The molecule has 0 atom stereocenters. The van der Waals surface area contributed by atoms with Gasteiger partial charge in [0.2, 0.25) is 0 Å². The molecule has 3 nitrogen and oxygen atoms in total. The van der Waals surface area contributed by atoms with Crippen molar-refractivity contribution in [1.82, 2.24) is 9.97 Å². The van der Waals surface area contributed by atoms with Gasteiger partial charge in [-0.05, 0) is 46.1 Å². The van der Waals surface area contributed by atoms with Crippen LogP contribution in [-0.2, 0) is 6.42 Å². The molecule has 0 unspecified atom stereocenters. The third kappa shape index (κ3) is 3.27. The SMILES string of the molecule is CN(CCc1ccncc1)c1ccncc1Br. The Hall–Kier alpha value is -1.42. The summed E-state index contributed by atoms with van der Waals surface area (Å²) >= 11 is 3.51. The molecule has 2 heterocycles. The minimum Gasteiger partial charge on any atom is -0.373 e. The molecular weight excluding hydrogens is 278 g/mol. The van der Waals surface area contributed by atoms with E-state index < -0.39 is 0 Å². The zero-order valence-corrected chi connectivity index (χ0v) is 11.3. The van der Waals surface area contributed by atoms with Gasteiger partial charge in [0, 0.05) is 38.4 Å². The van der Waals surface area contributed by atoms with Gasteiger partial charge in [0.25, 0.3) is 0 Å². The summed E-state index contributed by atoms with van der Waals surface area (Å²) < 4.78 is 1.03. The van der Waals surface area contributed by atoms with Crippen LogP contribution in [-0.4, -0.2) is 23.6 Å². The third-order valence-corrected chi connectivity index (χ3v) is 3.26. The summed E-state index contributed by atoms with van der Waals surface area (Å²) in [4.78, 5) is 10.3. The summed E-state index contributed by atoms with van der Waals surface area (Å²) in [5.41, 5.74) is 2.46. The largest absolute Gasteiger partial charge is 0.373 e. The van der Waals surface area contributed by atoms with Crippen molar-refractivity contribution in [2.45, 2.75) is 6.42 Å². The number of rotatable bonds is 4. The molecule has 0 saturated heterocycles. The van der Waals surface area contributed by atoms with Crippen molar-refractivity contribution >= 4 is 21.6 Å². The maximum atomic E-state index is 4.06. The molecule has 2 rings (SSSR count). The maximum Gasteiger partial charge on any atom is 0.0592 e. The van der Waals surface area contributed by atoms with E-state index in [4.69, 9.17) is 0 Å². The zero-order chi connectivity index (χ0) is 12.1. The summed E-state index contributed by atoms with van der Waals surface area (Å²) in [5.74, 6) is 0. The number of halogens is 1. The molecule has 0 aliphatic heterocycles. The Morgan fingerprint density at radius 1 is 1.12 bits per heavy atom. The Labute approximate surface area is 110 Å². The molecule has 0 fully saturated rings. The first kappa shape index (κ1) is 12.0. The van der Waals surface area contributed by atoms with Crippen molar-refractivity contribution in [3.05, 3.63) is 53.0 Å². The summed E-state index contributed by atoms with van der Waals surface area (Å²) in [6.07, 6.45) is 8.30. The van der Waals surface area contributed by atoms with Crippen LogP contribution in [0.25, 0.3) is 0 Å². The fraction of sp³-hybridized carbons (Fsp3) is 0.231. The lowest BCUT2D eigenvalue weighted by Crippen LogP contribution is -2.20. The molecule has 17 heavy (non-hydrogen) atoms. The normalized spacial score (nSPS) is 10.2. The standard InChI is InChI=1S/C13H14BrN3/c1-17(13-4-8-16-10-12(13)14)9-5-11-2-6-15-7-3-11/h2-4,6-8,10H,5,9H2,1H3. The van der Waals surface area contributed by atoms with Crippen LogP contribution in [0.5, 0.6) is 0 Å². The Morgan fingerprint density at radius 3 is 2.53 bits per heavy atom. The number of aromatic nitrogens is 2. The molecule has 0 radical (unpaired) electrons. The highest BCUT2D eigenvalue weighted by atomic mass is 79.9. The lowest BCUT2D eigenvalue weighted by atomic mass is 10.2. The molecule has 0 bridgehead atoms. The first-order valence-electron chi connectivity index (χ1n) is 5.47. The third-order valence-electron chi connectivity index (χ3n) is 2.65. The molecule has 0 aromatic carbocycles. The monoisotopic (exact) mass is 291 g/mol.